The maximum absolute atomic E-state index is 12.3. The zero-order valence-corrected chi connectivity index (χ0v) is 12.6. The van der Waals surface area contributed by atoms with Crippen molar-refractivity contribution < 1.29 is 9.53 Å². The van der Waals surface area contributed by atoms with Gasteiger partial charge in [0.15, 0.2) is 5.60 Å². The first-order valence-corrected chi connectivity index (χ1v) is 7.57. The van der Waals surface area contributed by atoms with E-state index in [1.165, 1.54) is 5.56 Å². The number of carbonyl (C=O) groups is 1. The molecule has 1 atom stereocenters. The molecule has 2 aromatic carbocycles. The monoisotopic (exact) mass is 280 g/mol. The molecule has 0 bridgehead atoms. The van der Waals surface area contributed by atoms with Gasteiger partial charge in [-0.3, -0.25) is 0 Å². The quantitative estimate of drug-likeness (QED) is 0.765. The summed E-state index contributed by atoms with van der Waals surface area (Å²) in [6.07, 6.45) is 2.93. The van der Waals surface area contributed by atoms with Crippen molar-refractivity contribution in [1.29, 1.82) is 0 Å². The van der Waals surface area contributed by atoms with Crippen LogP contribution >= 0.6 is 0 Å². The van der Waals surface area contributed by atoms with E-state index in [4.69, 9.17) is 4.74 Å². The van der Waals surface area contributed by atoms with Crippen LogP contribution in [-0.4, -0.2) is 5.97 Å². The number of esters is 1. The molecule has 21 heavy (non-hydrogen) atoms. The van der Waals surface area contributed by atoms with E-state index >= 15 is 0 Å². The predicted octanol–water partition coefficient (Wildman–Crippen LogP) is 4.60. The Labute approximate surface area is 125 Å². The molecule has 0 N–H and O–H groups in total. The Morgan fingerprint density at radius 2 is 1.76 bits per heavy atom. The lowest BCUT2D eigenvalue weighted by molar-refractivity contribution is 0.00635. The normalized spacial score (nSPS) is 20.2. The Morgan fingerprint density at radius 3 is 2.48 bits per heavy atom. The van der Waals surface area contributed by atoms with Crippen LogP contribution in [0.5, 0.6) is 0 Å². The van der Waals surface area contributed by atoms with Gasteiger partial charge in [-0.25, -0.2) is 4.79 Å². The van der Waals surface area contributed by atoms with Crippen molar-refractivity contribution in [2.75, 3.05) is 0 Å². The summed E-state index contributed by atoms with van der Waals surface area (Å²) >= 11 is 0. The molecule has 3 rings (SSSR count). The number of aryl methyl sites for hydroxylation is 1. The molecule has 0 radical (unpaired) electrons. The number of benzene rings is 2. The van der Waals surface area contributed by atoms with Gasteiger partial charge < -0.3 is 4.74 Å². The average Bonchev–Trinajstić information content (AvgIpc) is 2.80. The van der Waals surface area contributed by atoms with Gasteiger partial charge in [0.05, 0.1) is 5.56 Å². The molecule has 0 saturated carbocycles. The van der Waals surface area contributed by atoms with Gasteiger partial charge in [-0.1, -0.05) is 61.4 Å². The van der Waals surface area contributed by atoms with Crippen LogP contribution < -0.4 is 0 Å². The van der Waals surface area contributed by atoms with Crippen LogP contribution in [0.25, 0.3) is 0 Å². The summed E-state index contributed by atoms with van der Waals surface area (Å²) in [7, 11) is 0. The fourth-order valence-corrected chi connectivity index (χ4v) is 3.07. The van der Waals surface area contributed by atoms with E-state index in [0.29, 0.717) is 5.56 Å². The molecule has 2 nitrogen and oxygen atoms in total. The highest BCUT2D eigenvalue weighted by atomic mass is 16.6. The SMILES string of the molecule is CCCCC1(c2ccc(C)cc2)OC(=O)c2ccccc21. The van der Waals surface area contributed by atoms with Gasteiger partial charge in [0.1, 0.15) is 0 Å². The second-order valence-electron chi connectivity index (χ2n) is 5.73. The largest absolute Gasteiger partial charge is 0.446 e. The van der Waals surface area contributed by atoms with Crippen molar-refractivity contribution in [3.05, 3.63) is 70.8 Å². The van der Waals surface area contributed by atoms with Gasteiger partial charge in [-0.2, -0.15) is 0 Å². The summed E-state index contributed by atoms with van der Waals surface area (Å²) in [5.41, 5.74) is 3.38. The Morgan fingerprint density at radius 1 is 1.05 bits per heavy atom. The van der Waals surface area contributed by atoms with E-state index in [1.54, 1.807) is 0 Å². The third kappa shape index (κ3) is 2.25. The topological polar surface area (TPSA) is 26.3 Å². The van der Waals surface area contributed by atoms with E-state index in [-0.39, 0.29) is 5.97 Å². The van der Waals surface area contributed by atoms with E-state index < -0.39 is 5.60 Å². The Bertz CT molecular complexity index is 658. The minimum Gasteiger partial charge on any atom is -0.446 e. The van der Waals surface area contributed by atoms with Crippen LogP contribution in [0.2, 0.25) is 0 Å². The summed E-state index contributed by atoms with van der Waals surface area (Å²) in [6, 6.07) is 16.1. The van der Waals surface area contributed by atoms with Crippen LogP contribution in [0.15, 0.2) is 48.5 Å². The molecule has 2 heteroatoms. The van der Waals surface area contributed by atoms with Gasteiger partial charge in [0.2, 0.25) is 0 Å². The second-order valence-corrected chi connectivity index (χ2v) is 5.73. The second kappa shape index (κ2) is 5.36. The smallest absolute Gasteiger partial charge is 0.339 e. The Hall–Kier alpha value is -2.09. The van der Waals surface area contributed by atoms with Crippen molar-refractivity contribution >= 4 is 5.97 Å². The summed E-state index contributed by atoms with van der Waals surface area (Å²) in [5, 5.41) is 0. The van der Waals surface area contributed by atoms with Crippen LogP contribution in [0, 0.1) is 6.92 Å². The van der Waals surface area contributed by atoms with Crippen molar-refractivity contribution in [3.63, 3.8) is 0 Å². The lowest BCUT2D eigenvalue weighted by Crippen LogP contribution is -2.27. The molecule has 0 spiro atoms. The minimum atomic E-state index is -0.614. The van der Waals surface area contributed by atoms with E-state index in [9.17, 15) is 4.79 Å². The first-order valence-electron chi connectivity index (χ1n) is 7.57. The number of ether oxygens (including phenoxy) is 1. The lowest BCUT2D eigenvalue weighted by Gasteiger charge is -2.29. The molecule has 0 amide bonds. The maximum Gasteiger partial charge on any atom is 0.339 e. The molecule has 1 aliphatic heterocycles. The minimum absolute atomic E-state index is 0.206. The maximum atomic E-state index is 12.3. The number of cyclic esters (lactones) is 1. The van der Waals surface area contributed by atoms with Crippen molar-refractivity contribution in [1.82, 2.24) is 0 Å². The highest BCUT2D eigenvalue weighted by molar-refractivity contribution is 5.95. The standard InChI is InChI=1S/C19H20O2/c1-3-4-13-19(15-11-9-14(2)10-12-15)17-8-6-5-7-16(17)18(20)21-19/h5-12H,3-4,13H2,1-2H3. The number of rotatable bonds is 4. The molecular weight excluding hydrogens is 260 g/mol. The van der Waals surface area contributed by atoms with Gasteiger partial charge in [0.25, 0.3) is 0 Å². The summed E-state index contributed by atoms with van der Waals surface area (Å²) in [4.78, 5) is 12.3. The zero-order chi connectivity index (χ0) is 14.9. The summed E-state index contributed by atoms with van der Waals surface area (Å²) < 4.78 is 5.91. The van der Waals surface area contributed by atoms with Crippen molar-refractivity contribution in [2.45, 2.75) is 38.7 Å². The molecule has 1 unspecified atom stereocenters. The first kappa shape index (κ1) is 13.9. The van der Waals surface area contributed by atoms with Crippen molar-refractivity contribution in [2.24, 2.45) is 0 Å². The lowest BCUT2D eigenvalue weighted by atomic mass is 9.81. The summed E-state index contributed by atoms with van der Waals surface area (Å²) in [5.74, 6) is -0.206. The fourth-order valence-electron chi connectivity index (χ4n) is 3.07. The number of hydrogen-bond acceptors (Lipinski definition) is 2. The molecule has 2 aromatic rings. The predicted molar refractivity (Wildman–Crippen MR) is 83.3 cm³/mol. The average molecular weight is 280 g/mol. The van der Waals surface area contributed by atoms with E-state index in [2.05, 4.69) is 38.1 Å². The van der Waals surface area contributed by atoms with Gasteiger partial charge in [0, 0.05) is 11.1 Å². The first-order chi connectivity index (χ1) is 10.2. The fraction of sp³-hybridized carbons (Fsp3) is 0.316. The number of unbranched alkanes of at least 4 members (excludes halogenated alkanes) is 1. The van der Waals surface area contributed by atoms with Crippen LogP contribution in [0.3, 0.4) is 0 Å². The number of fused-ring (bicyclic) bond motifs is 1. The Balaban J connectivity index is 2.15. The van der Waals surface area contributed by atoms with Crippen LogP contribution in [0.1, 0.15) is 53.2 Å². The number of carbonyl (C=O) groups excluding carboxylic acids is 1. The van der Waals surface area contributed by atoms with E-state index in [1.807, 2.05) is 24.3 Å². The molecule has 0 fully saturated rings. The number of hydrogen-bond donors (Lipinski definition) is 0. The highest BCUT2D eigenvalue weighted by Crippen LogP contribution is 2.45. The molecule has 0 aromatic heterocycles. The highest BCUT2D eigenvalue weighted by Gasteiger charge is 2.46. The van der Waals surface area contributed by atoms with Gasteiger partial charge >= 0.3 is 5.97 Å². The van der Waals surface area contributed by atoms with Gasteiger partial charge in [-0.05, 0) is 25.8 Å². The molecule has 0 saturated heterocycles. The molecule has 108 valence electrons. The third-order valence-corrected chi connectivity index (χ3v) is 4.25. The van der Waals surface area contributed by atoms with Crippen molar-refractivity contribution in [3.8, 4) is 0 Å². The third-order valence-electron chi connectivity index (χ3n) is 4.25. The molecule has 1 heterocycles. The zero-order valence-electron chi connectivity index (χ0n) is 12.6. The summed E-state index contributed by atoms with van der Waals surface area (Å²) in [6.45, 7) is 4.22. The Kier molecular flexibility index (Phi) is 3.54. The molecule has 0 aliphatic carbocycles. The van der Waals surface area contributed by atoms with E-state index in [0.717, 1.165) is 30.4 Å². The van der Waals surface area contributed by atoms with Gasteiger partial charge in [-0.15, -0.1) is 0 Å². The van der Waals surface area contributed by atoms with Crippen LogP contribution in [-0.2, 0) is 10.3 Å². The molecule has 1 aliphatic rings. The molecular formula is C19H20O2. The van der Waals surface area contributed by atoms with Crippen LogP contribution in [0.4, 0.5) is 0 Å².